The predicted molar refractivity (Wildman–Crippen MR) is 115 cm³/mol. The number of aromatic nitrogens is 1. The van der Waals surface area contributed by atoms with Crippen LogP contribution in [0.25, 0.3) is 11.5 Å². The first-order valence-corrected chi connectivity index (χ1v) is 10.3. The molecule has 1 aromatic heterocycles. The van der Waals surface area contributed by atoms with Gasteiger partial charge in [0.15, 0.2) is 0 Å². The SMILES string of the molecule is Cc1oc(-c2ccccc2)nc1CCOc1ccc2c(c1)C(C)(C)CC2CC(=O)O. The second-order valence-electron chi connectivity index (χ2n) is 8.62. The zero-order valence-corrected chi connectivity index (χ0v) is 17.6. The summed E-state index contributed by atoms with van der Waals surface area (Å²) >= 11 is 0. The molecule has 1 unspecified atom stereocenters. The fourth-order valence-electron chi connectivity index (χ4n) is 4.43. The summed E-state index contributed by atoms with van der Waals surface area (Å²) in [6, 6.07) is 15.9. The smallest absolute Gasteiger partial charge is 0.303 e. The Balaban J connectivity index is 1.43. The molecule has 5 nitrogen and oxygen atoms in total. The maximum atomic E-state index is 11.2. The largest absolute Gasteiger partial charge is 0.493 e. The van der Waals surface area contributed by atoms with Gasteiger partial charge in [-0.25, -0.2) is 4.98 Å². The van der Waals surface area contributed by atoms with E-state index in [1.165, 1.54) is 5.56 Å². The highest BCUT2D eigenvalue weighted by Crippen LogP contribution is 2.48. The Bertz CT molecular complexity index is 1050. The number of rotatable bonds is 7. The Kier molecular flexibility index (Phi) is 5.37. The fourth-order valence-corrected chi connectivity index (χ4v) is 4.43. The van der Waals surface area contributed by atoms with Crippen LogP contribution in [-0.4, -0.2) is 22.7 Å². The molecule has 0 saturated carbocycles. The Morgan fingerprint density at radius 2 is 2.00 bits per heavy atom. The lowest BCUT2D eigenvalue weighted by molar-refractivity contribution is -0.137. The molecular formula is C25H27NO4. The van der Waals surface area contributed by atoms with Gasteiger partial charge in [0.1, 0.15) is 11.5 Å². The number of oxazole rings is 1. The van der Waals surface area contributed by atoms with Crippen molar-refractivity contribution in [3.63, 3.8) is 0 Å². The molecule has 1 heterocycles. The number of benzene rings is 2. The van der Waals surface area contributed by atoms with E-state index in [0.29, 0.717) is 18.9 Å². The molecule has 156 valence electrons. The summed E-state index contributed by atoms with van der Waals surface area (Å²) in [7, 11) is 0. The number of ether oxygens (including phenoxy) is 1. The fraction of sp³-hybridized carbons (Fsp3) is 0.360. The number of fused-ring (bicyclic) bond motifs is 1. The van der Waals surface area contributed by atoms with Crippen LogP contribution in [0.1, 0.15) is 55.2 Å². The lowest BCUT2D eigenvalue weighted by Crippen LogP contribution is -2.13. The number of nitrogens with zero attached hydrogens (tertiary/aromatic N) is 1. The molecule has 4 rings (SSSR count). The number of carbonyl (C=O) groups is 1. The number of hydrogen-bond acceptors (Lipinski definition) is 4. The van der Waals surface area contributed by atoms with Gasteiger partial charge in [-0.05, 0) is 60.1 Å². The minimum atomic E-state index is -0.748. The first-order valence-electron chi connectivity index (χ1n) is 10.3. The summed E-state index contributed by atoms with van der Waals surface area (Å²) in [4.78, 5) is 15.8. The van der Waals surface area contributed by atoms with Crippen LogP contribution in [0.4, 0.5) is 0 Å². The number of hydrogen-bond donors (Lipinski definition) is 1. The summed E-state index contributed by atoms with van der Waals surface area (Å²) in [5, 5.41) is 9.21. The maximum absolute atomic E-state index is 11.2. The van der Waals surface area contributed by atoms with Crippen molar-refractivity contribution in [3.05, 3.63) is 71.1 Å². The van der Waals surface area contributed by atoms with Gasteiger partial charge >= 0.3 is 5.97 Å². The molecule has 1 N–H and O–H groups in total. The van der Waals surface area contributed by atoms with Crippen molar-refractivity contribution in [1.29, 1.82) is 0 Å². The molecule has 1 aliphatic carbocycles. The summed E-state index contributed by atoms with van der Waals surface area (Å²) < 4.78 is 11.8. The molecule has 0 radical (unpaired) electrons. The maximum Gasteiger partial charge on any atom is 0.303 e. The lowest BCUT2D eigenvalue weighted by atomic mass is 9.85. The molecule has 0 spiro atoms. The first kappa shape index (κ1) is 20.2. The van der Waals surface area contributed by atoms with Gasteiger partial charge in [-0.3, -0.25) is 4.79 Å². The van der Waals surface area contributed by atoms with Crippen molar-refractivity contribution in [2.45, 2.75) is 51.4 Å². The molecule has 1 aliphatic rings. The van der Waals surface area contributed by atoms with Gasteiger partial charge in [0.05, 0.1) is 18.7 Å². The third-order valence-corrected chi connectivity index (χ3v) is 5.89. The van der Waals surface area contributed by atoms with Gasteiger partial charge in [-0.15, -0.1) is 0 Å². The van der Waals surface area contributed by atoms with E-state index in [9.17, 15) is 9.90 Å². The van der Waals surface area contributed by atoms with Gasteiger partial charge in [-0.2, -0.15) is 0 Å². The van der Waals surface area contributed by atoms with Crippen molar-refractivity contribution >= 4 is 5.97 Å². The van der Waals surface area contributed by atoms with E-state index < -0.39 is 5.97 Å². The van der Waals surface area contributed by atoms with Crippen LogP contribution in [0, 0.1) is 6.92 Å². The highest BCUT2D eigenvalue weighted by atomic mass is 16.5. The van der Waals surface area contributed by atoms with E-state index in [1.807, 2.05) is 49.4 Å². The Hall–Kier alpha value is -3.08. The Morgan fingerprint density at radius 1 is 1.23 bits per heavy atom. The molecule has 0 bridgehead atoms. The molecule has 5 heteroatoms. The van der Waals surface area contributed by atoms with E-state index in [2.05, 4.69) is 24.9 Å². The molecular weight excluding hydrogens is 378 g/mol. The van der Waals surface area contributed by atoms with Crippen molar-refractivity contribution in [1.82, 2.24) is 4.98 Å². The molecule has 0 fully saturated rings. The molecule has 30 heavy (non-hydrogen) atoms. The number of carboxylic acid groups (broad SMARTS) is 1. The summed E-state index contributed by atoms with van der Waals surface area (Å²) in [6.07, 6.45) is 1.68. The van der Waals surface area contributed by atoms with Crippen LogP contribution in [0.2, 0.25) is 0 Å². The van der Waals surface area contributed by atoms with Crippen LogP contribution in [0.15, 0.2) is 52.9 Å². The molecule has 2 aromatic carbocycles. The number of aryl methyl sites for hydroxylation is 1. The van der Waals surface area contributed by atoms with Crippen LogP contribution in [0.3, 0.4) is 0 Å². The van der Waals surface area contributed by atoms with Gasteiger partial charge in [0, 0.05) is 12.0 Å². The second-order valence-corrected chi connectivity index (χ2v) is 8.62. The zero-order chi connectivity index (χ0) is 21.3. The highest BCUT2D eigenvalue weighted by Gasteiger charge is 2.37. The predicted octanol–water partition coefficient (Wildman–Crippen LogP) is 5.51. The van der Waals surface area contributed by atoms with Crippen molar-refractivity contribution in [3.8, 4) is 17.2 Å². The van der Waals surface area contributed by atoms with Gasteiger partial charge < -0.3 is 14.3 Å². The number of carboxylic acids is 1. The third-order valence-electron chi connectivity index (χ3n) is 5.89. The van der Waals surface area contributed by atoms with Crippen LogP contribution in [-0.2, 0) is 16.6 Å². The van der Waals surface area contributed by atoms with Crippen molar-refractivity contribution < 1.29 is 19.1 Å². The normalized spacial score (nSPS) is 17.0. The van der Waals surface area contributed by atoms with Crippen LogP contribution < -0.4 is 4.74 Å². The molecule has 1 atom stereocenters. The van der Waals surface area contributed by atoms with E-state index in [1.54, 1.807) is 0 Å². The minimum absolute atomic E-state index is 0.0535. The standard InChI is InChI=1S/C25H27NO4/c1-16-22(26-24(30-16)17-7-5-4-6-8-17)11-12-29-19-9-10-20-18(13-23(27)28)15-25(2,3)21(20)14-19/h4-10,14,18H,11-13,15H2,1-3H3,(H,27,28). The van der Waals surface area contributed by atoms with E-state index in [0.717, 1.165) is 34.8 Å². The van der Waals surface area contributed by atoms with Crippen molar-refractivity contribution in [2.24, 2.45) is 0 Å². The summed E-state index contributed by atoms with van der Waals surface area (Å²) in [6.45, 7) is 6.76. The monoisotopic (exact) mass is 405 g/mol. The Labute approximate surface area is 176 Å². The van der Waals surface area contributed by atoms with Gasteiger partial charge in [-0.1, -0.05) is 38.1 Å². The average molecular weight is 405 g/mol. The van der Waals surface area contributed by atoms with Gasteiger partial charge in [0.2, 0.25) is 5.89 Å². The topological polar surface area (TPSA) is 72.6 Å². The van der Waals surface area contributed by atoms with E-state index in [-0.39, 0.29) is 17.8 Å². The molecule has 3 aromatic rings. The van der Waals surface area contributed by atoms with Crippen LogP contribution >= 0.6 is 0 Å². The highest BCUT2D eigenvalue weighted by molar-refractivity contribution is 5.69. The number of aliphatic carboxylic acids is 1. The Morgan fingerprint density at radius 3 is 2.73 bits per heavy atom. The van der Waals surface area contributed by atoms with Crippen LogP contribution in [0.5, 0.6) is 5.75 Å². The molecule has 0 saturated heterocycles. The van der Waals surface area contributed by atoms with Crippen molar-refractivity contribution in [2.75, 3.05) is 6.61 Å². The average Bonchev–Trinajstić information content (AvgIpc) is 3.19. The molecule has 0 aliphatic heterocycles. The van der Waals surface area contributed by atoms with Gasteiger partial charge in [0.25, 0.3) is 0 Å². The third kappa shape index (κ3) is 4.11. The summed E-state index contributed by atoms with van der Waals surface area (Å²) in [5.74, 6) is 1.57. The van der Waals surface area contributed by atoms with E-state index >= 15 is 0 Å². The molecule has 0 amide bonds. The minimum Gasteiger partial charge on any atom is -0.493 e. The lowest BCUT2D eigenvalue weighted by Gasteiger charge is -2.19. The quantitative estimate of drug-likeness (QED) is 0.561. The summed E-state index contributed by atoms with van der Waals surface area (Å²) in [5.41, 5.74) is 4.13. The second kappa shape index (κ2) is 7.98. The zero-order valence-electron chi connectivity index (χ0n) is 17.6. The van der Waals surface area contributed by atoms with E-state index in [4.69, 9.17) is 9.15 Å². The first-order chi connectivity index (χ1) is 14.3.